The third-order valence-electron chi connectivity index (χ3n) is 7.97. The Bertz CT molecular complexity index is 1250. The lowest BCUT2D eigenvalue weighted by atomic mass is 9.74. The molecular formula is C29H37ClN2O6SSi. The maximum atomic E-state index is 13.7. The number of rotatable bonds is 11. The van der Waals surface area contributed by atoms with Gasteiger partial charge in [0.2, 0.25) is 5.91 Å². The second-order valence-electron chi connectivity index (χ2n) is 11.8. The molecule has 1 saturated heterocycles. The van der Waals surface area contributed by atoms with Crippen LogP contribution in [0.5, 0.6) is 0 Å². The van der Waals surface area contributed by atoms with E-state index in [-0.39, 0.29) is 11.6 Å². The van der Waals surface area contributed by atoms with E-state index in [4.69, 9.17) is 33.0 Å². The molecule has 1 aliphatic heterocycles. The van der Waals surface area contributed by atoms with Crippen LogP contribution in [0.3, 0.4) is 0 Å². The van der Waals surface area contributed by atoms with Gasteiger partial charge < -0.3 is 9.16 Å². The summed E-state index contributed by atoms with van der Waals surface area (Å²) < 4.78 is 11.9. The minimum Gasteiger partial charge on any atom is -0.454 e. The van der Waals surface area contributed by atoms with E-state index in [1.54, 1.807) is 48.5 Å². The SMILES string of the molecule is C[C@@H](O[Si](C)(C)C(C)(C)C)[C@H]1C(=O)N(C(C(=O)OCc2ccccc2)[N+](=O)[O-])[C@@H]1[C@@H](C)C(=S)c1ccc(Cl)cc1. The van der Waals surface area contributed by atoms with Gasteiger partial charge in [0.05, 0.1) is 23.0 Å². The van der Waals surface area contributed by atoms with Crippen LogP contribution in [-0.4, -0.2) is 53.2 Å². The number of thiocarbonyl (C=S) groups is 1. The van der Waals surface area contributed by atoms with Crippen molar-refractivity contribution in [3.05, 3.63) is 80.9 Å². The number of hydrogen-bond donors (Lipinski definition) is 0. The molecule has 2 aromatic carbocycles. The van der Waals surface area contributed by atoms with Gasteiger partial charge in [-0.05, 0) is 48.3 Å². The van der Waals surface area contributed by atoms with Crippen LogP contribution in [0, 0.1) is 22.0 Å². The van der Waals surface area contributed by atoms with E-state index in [1.807, 2.05) is 19.9 Å². The number of β-lactam (4-membered cyclic amide) rings is 1. The van der Waals surface area contributed by atoms with Gasteiger partial charge >= 0.3 is 12.1 Å². The first-order valence-electron chi connectivity index (χ1n) is 13.2. The molecule has 8 nitrogen and oxygen atoms in total. The zero-order chi connectivity index (χ0) is 30.0. The molecule has 0 aliphatic carbocycles. The normalized spacial score (nSPS) is 19.8. The van der Waals surface area contributed by atoms with Gasteiger partial charge in [0.15, 0.2) is 8.32 Å². The topological polar surface area (TPSA) is 99.0 Å². The summed E-state index contributed by atoms with van der Waals surface area (Å²) in [6, 6.07) is 15.1. The van der Waals surface area contributed by atoms with Crippen LogP contribution >= 0.6 is 23.8 Å². The molecule has 0 aromatic heterocycles. The Labute approximate surface area is 247 Å². The molecule has 1 fully saturated rings. The van der Waals surface area contributed by atoms with Crippen molar-refractivity contribution < 1.29 is 23.7 Å². The zero-order valence-corrected chi connectivity index (χ0v) is 26.5. The average Bonchev–Trinajstić information content (AvgIpc) is 2.87. The number of esters is 1. The summed E-state index contributed by atoms with van der Waals surface area (Å²) in [4.78, 5) is 39.8. The Kier molecular flexibility index (Phi) is 9.93. The summed E-state index contributed by atoms with van der Waals surface area (Å²) in [7, 11) is -2.29. The lowest BCUT2D eigenvalue weighted by molar-refractivity contribution is -0.539. The van der Waals surface area contributed by atoms with Crippen molar-refractivity contribution in [3.8, 4) is 0 Å². The van der Waals surface area contributed by atoms with Crippen molar-refractivity contribution >= 4 is 48.9 Å². The number of nitro groups is 1. The largest absolute Gasteiger partial charge is 0.454 e. The molecule has 1 amide bonds. The van der Waals surface area contributed by atoms with Crippen LogP contribution < -0.4 is 0 Å². The third kappa shape index (κ3) is 6.79. The monoisotopic (exact) mass is 604 g/mol. The van der Waals surface area contributed by atoms with Gasteiger partial charge in [0.1, 0.15) is 6.61 Å². The lowest BCUT2D eigenvalue weighted by Gasteiger charge is -2.53. The zero-order valence-electron chi connectivity index (χ0n) is 23.9. The molecule has 0 saturated carbocycles. The molecule has 2 aromatic rings. The summed E-state index contributed by atoms with van der Waals surface area (Å²) in [6.45, 7) is 14.0. The van der Waals surface area contributed by atoms with Crippen LogP contribution in [0.4, 0.5) is 0 Å². The first-order chi connectivity index (χ1) is 18.6. The maximum Gasteiger partial charge on any atom is 0.404 e. The van der Waals surface area contributed by atoms with E-state index in [0.717, 1.165) is 4.90 Å². The molecule has 1 unspecified atom stereocenters. The highest BCUT2D eigenvalue weighted by Gasteiger charge is 2.62. The van der Waals surface area contributed by atoms with Crippen LogP contribution in [0.25, 0.3) is 0 Å². The smallest absolute Gasteiger partial charge is 0.404 e. The van der Waals surface area contributed by atoms with Crippen molar-refractivity contribution in [2.75, 3.05) is 0 Å². The van der Waals surface area contributed by atoms with E-state index in [2.05, 4.69) is 33.9 Å². The lowest BCUT2D eigenvalue weighted by Crippen LogP contribution is -2.73. The fourth-order valence-electron chi connectivity index (χ4n) is 4.72. The minimum absolute atomic E-state index is 0.113. The molecule has 11 heteroatoms. The average molecular weight is 605 g/mol. The molecule has 0 N–H and O–H groups in total. The van der Waals surface area contributed by atoms with Gasteiger partial charge in [0, 0.05) is 15.8 Å². The molecule has 0 radical (unpaired) electrons. The van der Waals surface area contributed by atoms with Crippen molar-refractivity contribution in [2.24, 2.45) is 11.8 Å². The number of nitrogens with zero attached hydrogens (tertiary/aromatic N) is 2. The Morgan fingerprint density at radius 2 is 1.70 bits per heavy atom. The summed E-state index contributed by atoms with van der Waals surface area (Å²) in [5.41, 5.74) is 1.39. The summed E-state index contributed by atoms with van der Waals surface area (Å²) in [5, 5.41) is 12.7. The number of carbonyl (C=O) groups is 2. The third-order valence-corrected chi connectivity index (χ3v) is 13.4. The summed E-state index contributed by atoms with van der Waals surface area (Å²) in [5.74, 6) is -2.86. The maximum absolute atomic E-state index is 13.7. The van der Waals surface area contributed by atoms with Gasteiger partial charge in [-0.25, -0.2) is 4.79 Å². The van der Waals surface area contributed by atoms with Crippen molar-refractivity contribution in [2.45, 2.75) is 77.7 Å². The molecule has 216 valence electrons. The van der Waals surface area contributed by atoms with E-state index in [9.17, 15) is 19.7 Å². The van der Waals surface area contributed by atoms with E-state index in [0.29, 0.717) is 21.0 Å². The predicted molar refractivity (Wildman–Crippen MR) is 161 cm³/mol. The number of hydrogen-bond acceptors (Lipinski definition) is 7. The van der Waals surface area contributed by atoms with Gasteiger partial charge in [-0.3, -0.25) is 19.8 Å². The first-order valence-corrected chi connectivity index (χ1v) is 16.9. The van der Waals surface area contributed by atoms with Crippen LogP contribution in [0.15, 0.2) is 54.6 Å². The van der Waals surface area contributed by atoms with Crippen LogP contribution in [-0.2, 0) is 25.4 Å². The number of ether oxygens (including phenoxy) is 1. The fraction of sp³-hybridized carbons (Fsp3) is 0.483. The molecule has 3 rings (SSSR count). The molecule has 0 bridgehead atoms. The summed E-state index contributed by atoms with van der Waals surface area (Å²) in [6.07, 6.45) is -2.55. The van der Waals surface area contributed by atoms with E-state index in [1.165, 1.54) is 0 Å². The van der Waals surface area contributed by atoms with Gasteiger partial charge in [-0.1, -0.05) is 94.0 Å². The van der Waals surface area contributed by atoms with Crippen LogP contribution in [0.2, 0.25) is 23.2 Å². The highest BCUT2D eigenvalue weighted by molar-refractivity contribution is 7.80. The van der Waals surface area contributed by atoms with Gasteiger partial charge in [-0.2, -0.15) is 0 Å². The Balaban J connectivity index is 1.95. The number of halogens is 1. The minimum atomic E-state index is -2.29. The summed E-state index contributed by atoms with van der Waals surface area (Å²) >= 11 is 11.8. The van der Waals surface area contributed by atoms with Crippen molar-refractivity contribution in [1.82, 2.24) is 4.90 Å². The number of likely N-dealkylation sites (tertiary alicyclic amines) is 1. The Morgan fingerprint density at radius 1 is 1.12 bits per heavy atom. The fourth-order valence-corrected chi connectivity index (χ4v) is 6.55. The Hall–Kier alpha value is -2.66. The standard InChI is InChI=1S/C29H37ClN2O6SSi/c1-18(25(39)21-13-15-22(30)16-14-21)24-23(19(2)38-40(6,7)29(3,4)5)27(33)31(24)26(32(35)36)28(34)37-17-20-11-9-8-10-12-20/h8-16,18-19,23-24,26H,17H2,1-7H3/t18-,19-,23-,24-,26?/m1/s1. The molecule has 40 heavy (non-hydrogen) atoms. The molecule has 1 heterocycles. The van der Waals surface area contributed by atoms with Crippen LogP contribution in [0.1, 0.15) is 45.7 Å². The second kappa shape index (κ2) is 12.5. The number of carbonyl (C=O) groups excluding carboxylic acids is 2. The second-order valence-corrected chi connectivity index (χ2v) is 17.4. The molecule has 5 atom stereocenters. The van der Waals surface area contributed by atoms with Gasteiger partial charge in [0.25, 0.3) is 0 Å². The number of benzene rings is 2. The highest BCUT2D eigenvalue weighted by Crippen LogP contribution is 2.43. The van der Waals surface area contributed by atoms with Crippen molar-refractivity contribution in [3.63, 3.8) is 0 Å². The van der Waals surface area contributed by atoms with E-state index < -0.39 is 55.3 Å². The molecule has 0 spiro atoms. The number of amides is 1. The predicted octanol–water partition coefficient (Wildman–Crippen LogP) is 6.28. The van der Waals surface area contributed by atoms with Gasteiger partial charge in [-0.15, -0.1) is 0 Å². The first kappa shape index (κ1) is 31.9. The quantitative estimate of drug-likeness (QED) is 0.0566. The van der Waals surface area contributed by atoms with E-state index >= 15 is 0 Å². The highest BCUT2D eigenvalue weighted by atomic mass is 35.5. The van der Waals surface area contributed by atoms with Crippen molar-refractivity contribution in [1.29, 1.82) is 0 Å². The molecule has 1 aliphatic rings. The Morgan fingerprint density at radius 3 is 2.23 bits per heavy atom. The molecular weight excluding hydrogens is 568 g/mol.